The van der Waals surface area contributed by atoms with Crippen molar-refractivity contribution in [2.75, 3.05) is 23.4 Å². The number of rotatable bonds is 5. The lowest BCUT2D eigenvalue weighted by molar-refractivity contribution is 0.595. The minimum atomic E-state index is -3.33. The summed E-state index contributed by atoms with van der Waals surface area (Å²) in [6.07, 6.45) is 3.43. The Morgan fingerprint density at radius 1 is 1.50 bits per heavy atom. The van der Waals surface area contributed by atoms with E-state index in [1.165, 1.54) is 17.8 Å². The van der Waals surface area contributed by atoms with Crippen LogP contribution in [0.5, 0.6) is 0 Å². The Balaban J connectivity index is 2.42. The molecule has 102 valence electrons. The Bertz CT molecular complexity index is 532. The maximum Gasteiger partial charge on any atom is 0.182 e. The smallest absolute Gasteiger partial charge is 0.182 e. The SMILES string of the molecule is CC(C)CN(c1snc(N)c1S(C)(=O)=O)C1CC1. The number of nitrogens with two attached hydrogens (primary N) is 1. The number of nitrogens with zero attached hydrogens (tertiary/aromatic N) is 2. The lowest BCUT2D eigenvalue weighted by Gasteiger charge is -2.25. The summed E-state index contributed by atoms with van der Waals surface area (Å²) in [6.45, 7) is 5.09. The molecule has 1 heterocycles. The van der Waals surface area contributed by atoms with Gasteiger partial charge in [0.1, 0.15) is 9.90 Å². The third kappa shape index (κ3) is 2.77. The number of sulfone groups is 1. The molecule has 2 rings (SSSR count). The maximum absolute atomic E-state index is 11.8. The molecule has 1 fully saturated rings. The van der Waals surface area contributed by atoms with E-state index in [1.807, 2.05) is 0 Å². The Morgan fingerprint density at radius 2 is 2.11 bits per heavy atom. The molecule has 5 nitrogen and oxygen atoms in total. The molecule has 1 aromatic heterocycles. The molecule has 0 spiro atoms. The third-order valence-electron chi connectivity index (χ3n) is 2.84. The average Bonchev–Trinajstić information content (AvgIpc) is 2.96. The zero-order valence-electron chi connectivity index (χ0n) is 10.9. The molecule has 0 bridgehead atoms. The predicted octanol–water partition coefficient (Wildman–Crippen LogP) is 1.75. The van der Waals surface area contributed by atoms with Gasteiger partial charge in [0.25, 0.3) is 0 Å². The van der Waals surface area contributed by atoms with Crippen LogP contribution in [0.1, 0.15) is 26.7 Å². The first-order valence-corrected chi connectivity index (χ1v) is 8.69. The van der Waals surface area contributed by atoms with Crippen LogP contribution in [0.25, 0.3) is 0 Å². The second kappa shape index (κ2) is 4.70. The zero-order chi connectivity index (χ0) is 13.5. The average molecular weight is 289 g/mol. The van der Waals surface area contributed by atoms with Gasteiger partial charge in [-0.15, -0.1) is 0 Å². The summed E-state index contributed by atoms with van der Waals surface area (Å²) < 4.78 is 27.7. The highest BCUT2D eigenvalue weighted by molar-refractivity contribution is 7.91. The molecule has 1 aliphatic rings. The van der Waals surface area contributed by atoms with Crippen LogP contribution in [0.4, 0.5) is 10.8 Å². The molecule has 1 saturated carbocycles. The fourth-order valence-corrected chi connectivity index (χ4v) is 4.27. The van der Waals surface area contributed by atoms with Gasteiger partial charge in [0, 0.05) is 18.8 Å². The number of aromatic nitrogens is 1. The van der Waals surface area contributed by atoms with Crippen LogP contribution in [0.3, 0.4) is 0 Å². The first-order valence-electron chi connectivity index (χ1n) is 6.02. The van der Waals surface area contributed by atoms with E-state index in [0.29, 0.717) is 17.0 Å². The first-order chi connectivity index (χ1) is 8.30. The van der Waals surface area contributed by atoms with Crippen LogP contribution in [0.15, 0.2) is 4.90 Å². The molecule has 0 unspecified atom stereocenters. The van der Waals surface area contributed by atoms with Crippen LogP contribution >= 0.6 is 11.5 Å². The Hall–Kier alpha value is -0.820. The van der Waals surface area contributed by atoms with Crippen molar-refractivity contribution in [2.24, 2.45) is 5.92 Å². The van der Waals surface area contributed by atoms with Gasteiger partial charge in [-0.05, 0) is 30.3 Å². The van der Waals surface area contributed by atoms with E-state index >= 15 is 0 Å². The fourth-order valence-electron chi connectivity index (χ4n) is 1.99. The van der Waals surface area contributed by atoms with Gasteiger partial charge < -0.3 is 10.6 Å². The van der Waals surface area contributed by atoms with Crippen LogP contribution < -0.4 is 10.6 Å². The molecule has 0 aromatic carbocycles. The Kier molecular flexibility index (Phi) is 3.55. The summed E-state index contributed by atoms with van der Waals surface area (Å²) in [5.74, 6) is 0.605. The highest BCUT2D eigenvalue weighted by Gasteiger charge is 2.34. The van der Waals surface area contributed by atoms with Gasteiger partial charge in [0.05, 0.1) is 0 Å². The molecular formula is C11H19N3O2S2. The predicted molar refractivity (Wildman–Crippen MR) is 74.8 cm³/mol. The van der Waals surface area contributed by atoms with Crippen LogP contribution in [-0.2, 0) is 9.84 Å². The van der Waals surface area contributed by atoms with Gasteiger partial charge in [-0.3, -0.25) is 0 Å². The Labute approximate surface area is 112 Å². The molecule has 1 aromatic rings. The van der Waals surface area contributed by atoms with Crippen molar-refractivity contribution in [1.82, 2.24) is 4.37 Å². The monoisotopic (exact) mass is 289 g/mol. The van der Waals surface area contributed by atoms with Crippen molar-refractivity contribution in [2.45, 2.75) is 37.6 Å². The van der Waals surface area contributed by atoms with Gasteiger partial charge in [-0.2, -0.15) is 4.37 Å². The van der Waals surface area contributed by atoms with Crippen molar-refractivity contribution < 1.29 is 8.42 Å². The lowest BCUT2D eigenvalue weighted by atomic mass is 10.2. The molecule has 7 heteroatoms. The largest absolute Gasteiger partial charge is 0.382 e. The molecule has 1 aliphatic carbocycles. The topological polar surface area (TPSA) is 76.3 Å². The normalized spacial score (nSPS) is 16.2. The van der Waals surface area contributed by atoms with E-state index < -0.39 is 9.84 Å². The summed E-state index contributed by atoms with van der Waals surface area (Å²) in [5, 5.41) is 0.714. The summed E-state index contributed by atoms with van der Waals surface area (Å²) in [4.78, 5) is 2.37. The second-order valence-electron chi connectivity index (χ2n) is 5.25. The van der Waals surface area contributed by atoms with Gasteiger partial charge in [0.2, 0.25) is 0 Å². The summed E-state index contributed by atoms with van der Waals surface area (Å²) >= 11 is 1.19. The maximum atomic E-state index is 11.8. The van der Waals surface area contributed by atoms with Gasteiger partial charge in [0.15, 0.2) is 15.7 Å². The second-order valence-corrected chi connectivity index (χ2v) is 7.96. The molecule has 0 aliphatic heterocycles. The van der Waals surface area contributed by atoms with Gasteiger partial charge >= 0.3 is 0 Å². The van der Waals surface area contributed by atoms with E-state index in [4.69, 9.17) is 5.73 Å². The fraction of sp³-hybridized carbons (Fsp3) is 0.727. The first kappa shape index (κ1) is 13.6. The summed E-state index contributed by atoms with van der Waals surface area (Å²) in [5.41, 5.74) is 5.71. The molecule has 0 saturated heterocycles. The van der Waals surface area contributed by atoms with Crippen molar-refractivity contribution in [3.8, 4) is 0 Å². The van der Waals surface area contributed by atoms with Gasteiger partial charge in [-0.25, -0.2) is 8.42 Å². The Morgan fingerprint density at radius 3 is 2.56 bits per heavy atom. The van der Waals surface area contributed by atoms with Gasteiger partial charge in [-0.1, -0.05) is 13.8 Å². The van der Waals surface area contributed by atoms with E-state index in [0.717, 1.165) is 19.4 Å². The minimum absolute atomic E-state index is 0.131. The van der Waals surface area contributed by atoms with Crippen LogP contribution in [0, 0.1) is 5.92 Å². The highest BCUT2D eigenvalue weighted by Crippen LogP contribution is 2.40. The van der Waals surface area contributed by atoms with Crippen molar-refractivity contribution >= 4 is 32.2 Å². The van der Waals surface area contributed by atoms with E-state index in [1.54, 1.807) is 0 Å². The van der Waals surface area contributed by atoms with Crippen LogP contribution in [-0.4, -0.2) is 31.6 Å². The molecule has 0 radical (unpaired) electrons. The van der Waals surface area contributed by atoms with E-state index in [-0.39, 0.29) is 10.7 Å². The highest BCUT2D eigenvalue weighted by atomic mass is 32.2. The number of anilines is 2. The summed E-state index contributed by atoms with van der Waals surface area (Å²) in [6, 6.07) is 0.452. The van der Waals surface area contributed by atoms with Crippen LogP contribution in [0.2, 0.25) is 0 Å². The molecular weight excluding hydrogens is 270 g/mol. The lowest BCUT2D eigenvalue weighted by Crippen LogP contribution is -2.30. The zero-order valence-corrected chi connectivity index (χ0v) is 12.5. The molecule has 0 amide bonds. The standard InChI is InChI=1S/C11H19N3O2S2/c1-7(2)6-14(8-4-5-8)11-9(18(3,15)16)10(12)13-17-11/h7-8H,4-6H2,1-3H3,(H2,12,13). The number of hydrogen-bond donors (Lipinski definition) is 1. The van der Waals surface area contributed by atoms with Crippen molar-refractivity contribution in [3.63, 3.8) is 0 Å². The number of nitrogen functional groups attached to an aromatic ring is 1. The van der Waals surface area contributed by atoms with Crippen molar-refractivity contribution in [3.05, 3.63) is 0 Å². The molecule has 0 atom stereocenters. The van der Waals surface area contributed by atoms with E-state index in [2.05, 4.69) is 23.1 Å². The third-order valence-corrected chi connectivity index (χ3v) is 5.01. The quantitative estimate of drug-likeness (QED) is 0.893. The molecule has 18 heavy (non-hydrogen) atoms. The minimum Gasteiger partial charge on any atom is -0.382 e. The van der Waals surface area contributed by atoms with E-state index in [9.17, 15) is 8.42 Å². The number of hydrogen-bond acceptors (Lipinski definition) is 6. The van der Waals surface area contributed by atoms with Crippen molar-refractivity contribution in [1.29, 1.82) is 0 Å². The summed E-state index contributed by atoms with van der Waals surface area (Å²) in [7, 11) is -3.33. The molecule has 2 N–H and O–H groups in total.